The first-order chi connectivity index (χ1) is 7.99. The Labute approximate surface area is 103 Å². The molecule has 17 heavy (non-hydrogen) atoms. The van der Waals surface area contributed by atoms with Crippen LogP contribution >= 0.6 is 11.6 Å². The summed E-state index contributed by atoms with van der Waals surface area (Å²) >= 11 is 5.58. The van der Waals surface area contributed by atoms with Crippen molar-refractivity contribution in [1.29, 1.82) is 0 Å². The normalized spacial score (nSPS) is 17.6. The number of carbonyl (C=O) groups is 2. The molecular weight excluding hydrogens is 246 g/mol. The van der Waals surface area contributed by atoms with E-state index in [0.717, 1.165) is 0 Å². The number of likely N-dealkylation sites (tertiary alicyclic amines) is 1. The molecule has 6 heteroatoms. The van der Waals surface area contributed by atoms with Gasteiger partial charge in [-0.3, -0.25) is 9.59 Å². The van der Waals surface area contributed by atoms with E-state index in [2.05, 4.69) is 0 Å². The predicted molar refractivity (Wildman–Crippen MR) is 59.9 cm³/mol. The van der Waals surface area contributed by atoms with Crippen molar-refractivity contribution >= 4 is 23.5 Å². The molecule has 0 aromatic carbocycles. The Bertz CT molecular complexity index is 450. The molecule has 1 saturated heterocycles. The maximum absolute atomic E-state index is 11.8. The van der Waals surface area contributed by atoms with E-state index in [0.29, 0.717) is 13.1 Å². The van der Waals surface area contributed by atoms with Gasteiger partial charge < -0.3 is 14.4 Å². The lowest BCUT2D eigenvalue weighted by molar-refractivity contribution is -0.144. The van der Waals surface area contributed by atoms with Gasteiger partial charge in [-0.2, -0.15) is 0 Å². The molecule has 1 amide bonds. The summed E-state index contributed by atoms with van der Waals surface area (Å²) in [6.07, 6.45) is 0. The van der Waals surface area contributed by atoms with Crippen molar-refractivity contribution in [3.8, 4) is 0 Å². The van der Waals surface area contributed by atoms with Crippen LogP contribution in [0.15, 0.2) is 16.5 Å². The van der Waals surface area contributed by atoms with Gasteiger partial charge in [0.2, 0.25) is 0 Å². The van der Waals surface area contributed by atoms with Gasteiger partial charge in [-0.05, 0) is 23.7 Å². The van der Waals surface area contributed by atoms with Crippen LogP contribution in [-0.4, -0.2) is 35.0 Å². The van der Waals surface area contributed by atoms with Crippen molar-refractivity contribution < 1.29 is 19.1 Å². The lowest BCUT2D eigenvalue weighted by Crippen LogP contribution is -2.53. The number of nitrogens with zero attached hydrogens (tertiary/aromatic N) is 1. The second-order valence-electron chi connectivity index (χ2n) is 4.20. The summed E-state index contributed by atoms with van der Waals surface area (Å²) in [7, 11) is 0. The predicted octanol–water partition coefficient (Wildman–Crippen LogP) is 1.73. The molecule has 1 aromatic rings. The number of halogens is 1. The quantitative estimate of drug-likeness (QED) is 0.895. The van der Waals surface area contributed by atoms with Gasteiger partial charge in [0.1, 0.15) is 0 Å². The highest BCUT2D eigenvalue weighted by molar-refractivity contribution is 6.29. The third kappa shape index (κ3) is 2.29. The van der Waals surface area contributed by atoms with Crippen molar-refractivity contribution in [3.05, 3.63) is 23.1 Å². The molecule has 1 aliphatic heterocycles. The minimum Gasteiger partial charge on any atom is -0.481 e. The zero-order chi connectivity index (χ0) is 12.6. The molecule has 1 fully saturated rings. The summed E-state index contributed by atoms with van der Waals surface area (Å²) < 4.78 is 5.00. The number of rotatable bonds is 3. The number of carboxylic acids is 1. The van der Waals surface area contributed by atoms with E-state index in [1.807, 2.05) is 0 Å². The molecular formula is C11H12ClNO4. The topological polar surface area (TPSA) is 70.8 Å². The smallest absolute Gasteiger partial charge is 0.306 e. The van der Waals surface area contributed by atoms with Crippen molar-refractivity contribution in [3.63, 3.8) is 0 Å². The molecule has 0 bridgehead atoms. The Hall–Kier alpha value is -1.49. The number of carboxylic acid groups (broad SMARTS) is 1. The van der Waals surface area contributed by atoms with Crippen LogP contribution in [0.4, 0.5) is 0 Å². The van der Waals surface area contributed by atoms with Gasteiger partial charge in [-0.15, -0.1) is 0 Å². The van der Waals surface area contributed by atoms with Crippen molar-refractivity contribution in [1.82, 2.24) is 4.90 Å². The monoisotopic (exact) mass is 257 g/mol. The standard InChI is InChI=1S/C11H12ClNO4/c1-6(11(15)16)7-4-13(5-7)10(14)8-2-3-9(12)17-8/h2-3,6-7H,4-5H2,1H3,(H,15,16). The van der Waals surface area contributed by atoms with Crippen LogP contribution in [0.25, 0.3) is 0 Å². The van der Waals surface area contributed by atoms with Crippen LogP contribution in [0.2, 0.25) is 5.22 Å². The molecule has 0 spiro atoms. The van der Waals surface area contributed by atoms with Gasteiger partial charge >= 0.3 is 5.97 Å². The van der Waals surface area contributed by atoms with Crippen molar-refractivity contribution in [2.45, 2.75) is 6.92 Å². The fourth-order valence-corrected chi connectivity index (χ4v) is 1.93. The molecule has 1 atom stereocenters. The largest absolute Gasteiger partial charge is 0.481 e. The minimum absolute atomic E-state index is 0.0156. The van der Waals surface area contributed by atoms with E-state index in [-0.39, 0.29) is 22.8 Å². The summed E-state index contributed by atoms with van der Waals surface area (Å²) in [5.41, 5.74) is 0. The first-order valence-electron chi connectivity index (χ1n) is 5.26. The Morgan fingerprint density at radius 2 is 2.18 bits per heavy atom. The fraction of sp³-hybridized carbons (Fsp3) is 0.455. The maximum Gasteiger partial charge on any atom is 0.306 e. The number of hydrogen-bond acceptors (Lipinski definition) is 3. The van der Waals surface area contributed by atoms with E-state index in [9.17, 15) is 9.59 Å². The fourth-order valence-electron chi connectivity index (χ4n) is 1.78. The molecule has 5 nitrogen and oxygen atoms in total. The lowest BCUT2D eigenvalue weighted by Gasteiger charge is -2.40. The zero-order valence-electron chi connectivity index (χ0n) is 9.22. The van der Waals surface area contributed by atoms with Crippen LogP contribution < -0.4 is 0 Å². The molecule has 2 rings (SSSR count). The molecule has 1 unspecified atom stereocenters. The highest BCUT2D eigenvalue weighted by Gasteiger charge is 2.38. The van der Waals surface area contributed by atoms with Gasteiger partial charge in [0.15, 0.2) is 11.0 Å². The minimum atomic E-state index is -0.830. The van der Waals surface area contributed by atoms with E-state index < -0.39 is 11.9 Å². The van der Waals surface area contributed by atoms with E-state index in [4.69, 9.17) is 21.1 Å². The van der Waals surface area contributed by atoms with Crippen LogP contribution in [0.5, 0.6) is 0 Å². The second-order valence-corrected chi connectivity index (χ2v) is 4.57. The average Bonchev–Trinajstić information content (AvgIpc) is 2.62. The van der Waals surface area contributed by atoms with Crippen LogP contribution in [0.1, 0.15) is 17.5 Å². The number of carbonyl (C=O) groups excluding carboxylic acids is 1. The molecule has 92 valence electrons. The Balaban J connectivity index is 1.92. The van der Waals surface area contributed by atoms with Crippen molar-refractivity contribution in [2.75, 3.05) is 13.1 Å². The van der Waals surface area contributed by atoms with Gasteiger partial charge in [0.05, 0.1) is 5.92 Å². The molecule has 2 heterocycles. The Morgan fingerprint density at radius 1 is 1.53 bits per heavy atom. The molecule has 1 aliphatic rings. The molecule has 1 aromatic heterocycles. The summed E-state index contributed by atoms with van der Waals surface area (Å²) in [4.78, 5) is 24.1. The number of furan rings is 1. The zero-order valence-corrected chi connectivity index (χ0v) is 9.98. The van der Waals surface area contributed by atoms with Gasteiger partial charge in [0, 0.05) is 19.0 Å². The second kappa shape index (κ2) is 4.41. The number of aliphatic carboxylic acids is 1. The van der Waals surface area contributed by atoms with Gasteiger partial charge in [-0.1, -0.05) is 6.92 Å². The maximum atomic E-state index is 11.8. The SMILES string of the molecule is CC(C(=O)O)C1CN(C(=O)c2ccc(Cl)o2)C1. The molecule has 0 saturated carbocycles. The Kier molecular flexibility index (Phi) is 3.11. The van der Waals surface area contributed by atoms with Gasteiger partial charge in [0.25, 0.3) is 5.91 Å². The summed E-state index contributed by atoms with van der Waals surface area (Å²) in [5, 5.41) is 8.99. The molecule has 0 aliphatic carbocycles. The first-order valence-corrected chi connectivity index (χ1v) is 5.64. The summed E-state index contributed by atoms with van der Waals surface area (Å²) in [5.74, 6) is -1.30. The average molecular weight is 258 g/mol. The van der Waals surface area contributed by atoms with Gasteiger partial charge in [-0.25, -0.2) is 0 Å². The van der Waals surface area contributed by atoms with E-state index in [1.165, 1.54) is 12.1 Å². The van der Waals surface area contributed by atoms with Crippen LogP contribution in [0, 0.1) is 11.8 Å². The third-order valence-electron chi connectivity index (χ3n) is 3.08. The molecule has 1 N–H and O–H groups in total. The van der Waals surface area contributed by atoms with E-state index in [1.54, 1.807) is 11.8 Å². The lowest BCUT2D eigenvalue weighted by atomic mass is 9.87. The highest BCUT2D eigenvalue weighted by Crippen LogP contribution is 2.26. The summed E-state index contributed by atoms with van der Waals surface area (Å²) in [6, 6.07) is 3.02. The highest BCUT2D eigenvalue weighted by atomic mass is 35.5. The van der Waals surface area contributed by atoms with E-state index >= 15 is 0 Å². The Morgan fingerprint density at radius 3 is 2.65 bits per heavy atom. The molecule has 0 radical (unpaired) electrons. The third-order valence-corrected chi connectivity index (χ3v) is 3.28. The first kappa shape index (κ1) is 12.0. The van der Waals surface area contributed by atoms with Crippen molar-refractivity contribution in [2.24, 2.45) is 11.8 Å². The number of amides is 1. The van der Waals surface area contributed by atoms with Crippen LogP contribution in [0.3, 0.4) is 0 Å². The summed E-state index contributed by atoms with van der Waals surface area (Å²) in [6.45, 7) is 2.55. The number of hydrogen-bond donors (Lipinski definition) is 1. The van der Waals surface area contributed by atoms with Crippen LogP contribution in [-0.2, 0) is 4.79 Å².